The molecule has 1 atom stereocenters. The monoisotopic (exact) mass is 406 g/mol. The fourth-order valence-electron chi connectivity index (χ4n) is 2.87. The number of aromatic nitrogens is 1. The van der Waals surface area contributed by atoms with Gasteiger partial charge < -0.3 is 14.2 Å². The zero-order valence-electron chi connectivity index (χ0n) is 14.7. The van der Waals surface area contributed by atoms with E-state index in [2.05, 4.69) is 9.46 Å². The van der Waals surface area contributed by atoms with Crippen LogP contribution in [-0.2, 0) is 9.22 Å². The fraction of sp³-hybridized carbons (Fsp3) is 0.105. The van der Waals surface area contributed by atoms with Gasteiger partial charge in [-0.05, 0) is 36.4 Å². The lowest BCUT2D eigenvalue weighted by atomic mass is 10.1. The summed E-state index contributed by atoms with van der Waals surface area (Å²) in [5.41, 5.74) is 1.96. The Balaban J connectivity index is 1.61. The van der Waals surface area contributed by atoms with E-state index >= 15 is 0 Å². The van der Waals surface area contributed by atoms with E-state index < -0.39 is 17.1 Å². The average Bonchev–Trinajstić information content (AvgIpc) is 3.27. The van der Waals surface area contributed by atoms with Crippen molar-refractivity contribution in [3.63, 3.8) is 0 Å². The minimum absolute atomic E-state index is 0.0772. The third-order valence-corrected chi connectivity index (χ3v) is 5.70. The number of alkyl halides is 2. The normalized spacial score (nSPS) is 20.7. The van der Waals surface area contributed by atoms with Crippen LogP contribution in [0.3, 0.4) is 0 Å². The van der Waals surface area contributed by atoms with Crippen LogP contribution in [0.25, 0.3) is 16.6 Å². The van der Waals surface area contributed by atoms with Gasteiger partial charge in [-0.25, -0.2) is 0 Å². The minimum atomic E-state index is -2.88. The van der Waals surface area contributed by atoms with Crippen molar-refractivity contribution in [3.8, 4) is 11.4 Å². The smallest absolute Gasteiger partial charge is 0.387 e. The van der Waals surface area contributed by atoms with Gasteiger partial charge in [0, 0.05) is 51.1 Å². The van der Waals surface area contributed by atoms with Crippen molar-refractivity contribution in [1.82, 2.24) is 9.29 Å². The van der Waals surface area contributed by atoms with Crippen LogP contribution in [0.15, 0.2) is 66.4 Å². The highest BCUT2D eigenvalue weighted by molar-refractivity contribution is 8.30. The molecule has 0 aliphatic carbocycles. The van der Waals surface area contributed by atoms with E-state index in [4.69, 9.17) is 9.22 Å². The number of halogens is 2. The zero-order valence-corrected chi connectivity index (χ0v) is 15.5. The molecule has 28 heavy (non-hydrogen) atoms. The van der Waals surface area contributed by atoms with Crippen molar-refractivity contribution in [1.29, 1.82) is 0 Å². The average molecular weight is 406 g/mol. The SMILES string of the molecule is CS1(NC(=O)c2ccc3c(ccn3-c3cccc(OC(F)F)c3)c2)C=COO1. The van der Waals surface area contributed by atoms with E-state index in [0.29, 0.717) is 11.3 Å². The highest BCUT2D eigenvalue weighted by atomic mass is 32.3. The highest BCUT2D eigenvalue weighted by Gasteiger charge is 2.25. The van der Waals surface area contributed by atoms with Crippen molar-refractivity contribution < 1.29 is 27.5 Å². The molecule has 0 saturated carbocycles. The topological polar surface area (TPSA) is 61.7 Å². The molecule has 0 spiro atoms. The van der Waals surface area contributed by atoms with Crippen LogP contribution >= 0.6 is 10.5 Å². The number of ether oxygens (including phenoxy) is 1. The van der Waals surface area contributed by atoms with E-state index in [1.54, 1.807) is 48.2 Å². The Bertz CT molecular complexity index is 1070. The van der Waals surface area contributed by atoms with Crippen LogP contribution in [0.4, 0.5) is 8.78 Å². The fourth-order valence-corrected chi connectivity index (χ4v) is 3.97. The van der Waals surface area contributed by atoms with Crippen LogP contribution < -0.4 is 9.46 Å². The molecule has 2 heterocycles. The van der Waals surface area contributed by atoms with Gasteiger partial charge >= 0.3 is 6.61 Å². The van der Waals surface area contributed by atoms with Crippen LogP contribution in [0, 0.1) is 0 Å². The first-order chi connectivity index (χ1) is 13.4. The number of amides is 1. The molecule has 1 unspecified atom stereocenters. The minimum Gasteiger partial charge on any atom is -0.435 e. The number of nitrogens with zero attached hydrogens (tertiary/aromatic N) is 1. The maximum absolute atomic E-state index is 12.5. The van der Waals surface area contributed by atoms with Gasteiger partial charge in [0.1, 0.15) is 12.0 Å². The number of carbonyl (C=O) groups excluding carboxylic acids is 1. The van der Waals surface area contributed by atoms with E-state index in [0.717, 1.165) is 10.9 Å². The van der Waals surface area contributed by atoms with Gasteiger partial charge in [-0.15, -0.1) is 4.33 Å². The summed E-state index contributed by atoms with van der Waals surface area (Å²) in [6.07, 6.45) is 4.94. The van der Waals surface area contributed by atoms with E-state index in [1.807, 2.05) is 10.6 Å². The standard InChI is InChI=1S/C19H16F2N2O4S/c1-28(10-9-25-27-28)22-18(24)14-5-6-17-13(11-14)7-8-23(17)15-3-2-4-16(12-15)26-19(20)21/h2-12,19H,1H3,(H,22,24). The Kier molecular flexibility index (Phi) is 4.70. The lowest BCUT2D eigenvalue weighted by Gasteiger charge is -2.24. The zero-order chi connectivity index (χ0) is 19.7. The predicted octanol–water partition coefficient (Wildman–Crippen LogP) is 4.66. The third kappa shape index (κ3) is 3.67. The first-order valence-electron chi connectivity index (χ1n) is 8.22. The molecule has 1 aliphatic rings. The number of rotatable bonds is 5. The van der Waals surface area contributed by atoms with Gasteiger partial charge in [0.25, 0.3) is 5.91 Å². The van der Waals surface area contributed by atoms with Crippen LogP contribution in [0.2, 0.25) is 0 Å². The Labute approximate surface area is 160 Å². The molecule has 146 valence electrons. The number of carbonyl (C=O) groups is 1. The first kappa shape index (κ1) is 18.3. The summed E-state index contributed by atoms with van der Waals surface area (Å²) in [5, 5.41) is 2.50. The van der Waals surface area contributed by atoms with Crippen molar-refractivity contribution in [2.24, 2.45) is 0 Å². The van der Waals surface area contributed by atoms with Gasteiger partial charge in [-0.3, -0.25) is 9.52 Å². The molecular weight excluding hydrogens is 390 g/mol. The maximum Gasteiger partial charge on any atom is 0.387 e. The van der Waals surface area contributed by atoms with Crippen molar-refractivity contribution >= 4 is 27.3 Å². The van der Waals surface area contributed by atoms with Gasteiger partial charge in [0.15, 0.2) is 0 Å². The summed E-state index contributed by atoms with van der Waals surface area (Å²) >= 11 is 0. The molecule has 1 aliphatic heterocycles. The molecule has 0 saturated heterocycles. The summed E-state index contributed by atoms with van der Waals surface area (Å²) in [6, 6.07) is 13.5. The lowest BCUT2D eigenvalue weighted by Crippen LogP contribution is -2.25. The number of hydrogen-bond acceptors (Lipinski definition) is 4. The van der Waals surface area contributed by atoms with Gasteiger partial charge in [-0.1, -0.05) is 6.07 Å². The molecular formula is C19H16F2N2O4S. The second-order valence-corrected chi connectivity index (χ2v) is 8.53. The number of hydrogen-bond donors (Lipinski definition) is 1. The molecule has 0 fully saturated rings. The first-order valence-corrected chi connectivity index (χ1v) is 10.2. The van der Waals surface area contributed by atoms with Crippen molar-refractivity contribution in [2.45, 2.75) is 6.61 Å². The Hall–Kier alpha value is -3.04. The van der Waals surface area contributed by atoms with Crippen molar-refractivity contribution in [3.05, 3.63) is 72.0 Å². The molecule has 1 aromatic heterocycles. The molecule has 0 radical (unpaired) electrons. The quantitative estimate of drug-likeness (QED) is 0.626. The molecule has 4 rings (SSSR count). The Morgan fingerprint density at radius 1 is 1.21 bits per heavy atom. The van der Waals surface area contributed by atoms with Crippen LogP contribution in [-0.4, -0.2) is 23.3 Å². The molecule has 1 amide bonds. The van der Waals surface area contributed by atoms with E-state index in [1.165, 1.54) is 18.4 Å². The van der Waals surface area contributed by atoms with Gasteiger partial charge in [-0.2, -0.15) is 8.78 Å². The number of fused-ring (bicyclic) bond motifs is 1. The molecule has 3 aromatic rings. The van der Waals surface area contributed by atoms with Crippen LogP contribution in [0.5, 0.6) is 5.75 Å². The van der Waals surface area contributed by atoms with Gasteiger partial charge in [0.05, 0.1) is 5.52 Å². The third-order valence-electron chi connectivity index (χ3n) is 4.12. The summed E-state index contributed by atoms with van der Waals surface area (Å²) in [5.74, 6) is -0.206. The number of benzene rings is 2. The second kappa shape index (κ2) is 7.17. The number of nitrogens with one attached hydrogen (secondary N) is 1. The molecule has 6 nitrogen and oxygen atoms in total. The molecule has 2 aromatic carbocycles. The highest BCUT2D eigenvalue weighted by Crippen LogP contribution is 2.46. The molecule has 1 N–H and O–H groups in total. The van der Waals surface area contributed by atoms with Crippen LogP contribution in [0.1, 0.15) is 10.4 Å². The predicted molar refractivity (Wildman–Crippen MR) is 102 cm³/mol. The summed E-state index contributed by atoms with van der Waals surface area (Å²) in [7, 11) is -1.94. The summed E-state index contributed by atoms with van der Waals surface area (Å²) in [6.45, 7) is -2.88. The molecule has 0 bridgehead atoms. The maximum atomic E-state index is 12.5. The Morgan fingerprint density at radius 2 is 2.07 bits per heavy atom. The summed E-state index contributed by atoms with van der Waals surface area (Å²) in [4.78, 5) is 17.3. The van der Waals surface area contributed by atoms with E-state index in [9.17, 15) is 13.6 Å². The molecule has 9 heteroatoms. The van der Waals surface area contributed by atoms with E-state index in [-0.39, 0.29) is 11.7 Å². The lowest BCUT2D eigenvalue weighted by molar-refractivity contribution is -0.127. The largest absolute Gasteiger partial charge is 0.435 e. The van der Waals surface area contributed by atoms with Gasteiger partial charge in [0.2, 0.25) is 0 Å². The summed E-state index contributed by atoms with van der Waals surface area (Å²) < 4.78 is 39.1. The van der Waals surface area contributed by atoms with Crippen molar-refractivity contribution in [2.75, 3.05) is 6.26 Å². The second-order valence-electron chi connectivity index (χ2n) is 6.11. The Morgan fingerprint density at radius 3 is 2.82 bits per heavy atom.